The molecule has 9 aromatic carbocycles. The van der Waals surface area contributed by atoms with Gasteiger partial charge in [0.25, 0.3) is 0 Å². The molecule has 0 atom stereocenters. The predicted molar refractivity (Wildman–Crippen MR) is 259 cm³/mol. The van der Waals surface area contributed by atoms with Crippen molar-refractivity contribution in [2.45, 2.75) is 5.41 Å². The van der Waals surface area contributed by atoms with Crippen LogP contribution in [-0.2, 0) is 5.41 Å². The lowest BCUT2D eigenvalue weighted by molar-refractivity contribution is 0.769. The van der Waals surface area contributed by atoms with E-state index >= 15 is 0 Å². The maximum Gasteiger partial charge on any atom is 0.160 e. The van der Waals surface area contributed by atoms with Crippen molar-refractivity contribution >= 4 is 21.7 Å². The Bertz CT molecular complexity index is 3430. The van der Waals surface area contributed by atoms with Crippen molar-refractivity contribution in [2.24, 2.45) is 0 Å². The number of fused-ring (bicyclic) bond motifs is 6. The number of benzene rings is 9. The maximum absolute atomic E-state index is 5.50. The van der Waals surface area contributed by atoms with E-state index in [4.69, 9.17) is 15.0 Å². The molecule has 0 radical (unpaired) electrons. The second-order valence-electron chi connectivity index (χ2n) is 16.3. The highest BCUT2D eigenvalue weighted by molar-refractivity contribution is 6.13. The highest BCUT2D eigenvalue weighted by Crippen LogP contribution is 2.57. The molecule has 0 saturated heterocycles. The molecule has 63 heavy (non-hydrogen) atoms. The van der Waals surface area contributed by atoms with Crippen LogP contribution in [0.5, 0.6) is 0 Å². The Morgan fingerprint density at radius 3 is 1.51 bits per heavy atom. The van der Waals surface area contributed by atoms with Gasteiger partial charge in [-0.2, -0.15) is 0 Å². The molecule has 0 bridgehead atoms. The first kappa shape index (κ1) is 36.6. The summed E-state index contributed by atoms with van der Waals surface area (Å²) in [6.45, 7) is 0. The fourth-order valence-electron chi connectivity index (χ4n) is 9.86. The molecule has 0 spiro atoms. The monoisotopic (exact) mass is 801 g/mol. The zero-order valence-electron chi connectivity index (χ0n) is 34.4. The average Bonchev–Trinajstić information content (AvgIpc) is 3.66. The van der Waals surface area contributed by atoms with Gasteiger partial charge < -0.3 is 0 Å². The molecular formula is C60H39N3. The molecule has 2 heterocycles. The van der Waals surface area contributed by atoms with Gasteiger partial charge in [0.2, 0.25) is 0 Å². The van der Waals surface area contributed by atoms with Gasteiger partial charge in [0.05, 0.1) is 28.0 Å². The number of pyridine rings is 1. The molecule has 1 aliphatic rings. The number of hydrogen-bond donors (Lipinski definition) is 0. The molecular weight excluding hydrogens is 763 g/mol. The van der Waals surface area contributed by atoms with Crippen LogP contribution in [0.1, 0.15) is 22.3 Å². The minimum atomic E-state index is -0.533. The molecule has 3 heteroatoms. The van der Waals surface area contributed by atoms with Gasteiger partial charge in [-0.15, -0.1) is 0 Å². The summed E-state index contributed by atoms with van der Waals surface area (Å²) in [5.41, 5.74) is 17.0. The van der Waals surface area contributed by atoms with E-state index in [9.17, 15) is 0 Å². The molecule has 0 amide bonds. The summed E-state index contributed by atoms with van der Waals surface area (Å²) >= 11 is 0. The van der Waals surface area contributed by atoms with Crippen LogP contribution in [-0.4, -0.2) is 15.0 Å². The van der Waals surface area contributed by atoms with Crippen LogP contribution in [0.2, 0.25) is 0 Å². The highest BCUT2D eigenvalue weighted by Gasteiger charge is 2.46. The zero-order chi connectivity index (χ0) is 41.7. The molecule has 0 aliphatic heterocycles. The van der Waals surface area contributed by atoms with Crippen molar-refractivity contribution in [1.82, 2.24) is 15.0 Å². The van der Waals surface area contributed by atoms with Crippen molar-refractivity contribution in [3.05, 3.63) is 259 Å². The summed E-state index contributed by atoms with van der Waals surface area (Å²) in [6, 6.07) is 84.5. The van der Waals surface area contributed by atoms with Crippen molar-refractivity contribution in [3.63, 3.8) is 0 Å². The van der Waals surface area contributed by atoms with Gasteiger partial charge in [-0.25, -0.2) is 15.0 Å². The molecule has 2 aromatic heterocycles. The lowest BCUT2D eigenvalue weighted by Gasteiger charge is -2.34. The average molecular weight is 802 g/mol. The summed E-state index contributed by atoms with van der Waals surface area (Å²) in [7, 11) is 0. The SMILES string of the molecule is c1ccc(-c2ccc(-c3cc(-c4ccccc4)nc(-c4cccc(-c5nc6ccccc6c6cc7c(cc56)C(c5ccccc5)(c5ccccc5)c5ccccc5-7)c4)n3)cc2)cc1. The Kier molecular flexibility index (Phi) is 8.72. The molecule has 0 saturated carbocycles. The first-order valence-corrected chi connectivity index (χ1v) is 21.5. The van der Waals surface area contributed by atoms with Gasteiger partial charge >= 0.3 is 0 Å². The van der Waals surface area contributed by atoms with Crippen LogP contribution >= 0.6 is 0 Å². The zero-order valence-corrected chi connectivity index (χ0v) is 34.4. The van der Waals surface area contributed by atoms with Crippen LogP contribution in [0.3, 0.4) is 0 Å². The molecule has 0 unspecified atom stereocenters. The van der Waals surface area contributed by atoms with E-state index in [-0.39, 0.29) is 0 Å². The molecule has 12 rings (SSSR count). The Morgan fingerprint density at radius 2 is 0.810 bits per heavy atom. The standard InChI is InChI=1S/C60H39N3/c1-5-18-40(19-6-1)41-32-34-43(35-33-41)57-39-56(42-20-7-2-8-21-42)62-59(63-57)45-23-17-22-44(36-45)58-52-38-54-51(37-50(52)49-29-14-16-31-55(49)61-58)48-28-13-15-30-53(48)60(54,46-24-9-3-10-25-46)47-26-11-4-12-27-47/h1-39H. The van der Waals surface area contributed by atoms with E-state index < -0.39 is 5.41 Å². The van der Waals surface area contributed by atoms with E-state index in [1.165, 1.54) is 49.9 Å². The highest BCUT2D eigenvalue weighted by atomic mass is 14.9. The summed E-state index contributed by atoms with van der Waals surface area (Å²) in [5, 5.41) is 3.41. The van der Waals surface area contributed by atoms with Crippen LogP contribution in [0.4, 0.5) is 0 Å². The number of para-hydroxylation sites is 1. The van der Waals surface area contributed by atoms with Crippen LogP contribution in [0, 0.1) is 0 Å². The maximum atomic E-state index is 5.50. The first-order chi connectivity index (χ1) is 31.2. The molecule has 0 N–H and O–H groups in total. The van der Waals surface area contributed by atoms with Crippen LogP contribution in [0.15, 0.2) is 237 Å². The lowest BCUT2D eigenvalue weighted by atomic mass is 9.67. The number of nitrogens with zero attached hydrogens (tertiary/aromatic N) is 3. The molecule has 11 aromatic rings. The van der Waals surface area contributed by atoms with Crippen molar-refractivity contribution in [1.29, 1.82) is 0 Å². The fourth-order valence-corrected chi connectivity index (χ4v) is 9.86. The lowest BCUT2D eigenvalue weighted by Crippen LogP contribution is -2.28. The summed E-state index contributed by atoms with van der Waals surface area (Å²) in [6.07, 6.45) is 0. The summed E-state index contributed by atoms with van der Waals surface area (Å²) < 4.78 is 0. The minimum absolute atomic E-state index is 0.533. The van der Waals surface area contributed by atoms with Crippen molar-refractivity contribution in [3.8, 4) is 67.4 Å². The molecule has 3 nitrogen and oxygen atoms in total. The van der Waals surface area contributed by atoms with Gasteiger partial charge in [-0.05, 0) is 80.2 Å². The van der Waals surface area contributed by atoms with Crippen LogP contribution in [0.25, 0.3) is 89.1 Å². The normalized spacial score (nSPS) is 12.6. The number of aromatic nitrogens is 3. The van der Waals surface area contributed by atoms with Gasteiger partial charge in [0, 0.05) is 33.0 Å². The Balaban J connectivity index is 1.07. The molecule has 0 fully saturated rings. The quantitative estimate of drug-likeness (QED) is 0.151. The van der Waals surface area contributed by atoms with E-state index in [0.29, 0.717) is 5.82 Å². The third-order valence-electron chi connectivity index (χ3n) is 12.8. The topological polar surface area (TPSA) is 38.7 Å². The number of hydrogen-bond acceptors (Lipinski definition) is 3. The minimum Gasteiger partial charge on any atom is -0.247 e. The van der Waals surface area contributed by atoms with Crippen LogP contribution < -0.4 is 0 Å². The second kappa shape index (κ2) is 15.0. The van der Waals surface area contributed by atoms with E-state index in [1.54, 1.807) is 0 Å². The van der Waals surface area contributed by atoms with Gasteiger partial charge in [-0.1, -0.05) is 206 Å². The fraction of sp³-hybridized carbons (Fsp3) is 0.0167. The Labute approximate surface area is 366 Å². The smallest absolute Gasteiger partial charge is 0.160 e. The Morgan fingerprint density at radius 1 is 0.286 bits per heavy atom. The van der Waals surface area contributed by atoms with Crippen molar-refractivity contribution in [2.75, 3.05) is 0 Å². The molecule has 1 aliphatic carbocycles. The van der Waals surface area contributed by atoms with E-state index in [2.05, 4.69) is 224 Å². The van der Waals surface area contributed by atoms with Gasteiger partial charge in [0.1, 0.15) is 0 Å². The van der Waals surface area contributed by atoms with E-state index in [0.717, 1.165) is 55.6 Å². The van der Waals surface area contributed by atoms with Crippen molar-refractivity contribution < 1.29 is 0 Å². The second-order valence-corrected chi connectivity index (χ2v) is 16.3. The first-order valence-electron chi connectivity index (χ1n) is 21.5. The molecule has 294 valence electrons. The summed E-state index contributed by atoms with van der Waals surface area (Å²) in [4.78, 5) is 16.0. The van der Waals surface area contributed by atoms with Gasteiger partial charge in [-0.3, -0.25) is 0 Å². The van der Waals surface area contributed by atoms with E-state index in [1.807, 2.05) is 12.1 Å². The predicted octanol–water partition coefficient (Wildman–Crippen LogP) is 14.9. The third-order valence-corrected chi connectivity index (χ3v) is 12.8. The third kappa shape index (κ3) is 6.08. The van der Waals surface area contributed by atoms with Gasteiger partial charge in [0.15, 0.2) is 5.82 Å². The largest absolute Gasteiger partial charge is 0.247 e. The Hall–Kier alpha value is -8.27. The number of rotatable bonds is 7. The summed E-state index contributed by atoms with van der Waals surface area (Å²) in [5.74, 6) is 0.661.